The van der Waals surface area contributed by atoms with Crippen LogP contribution in [-0.4, -0.2) is 20.8 Å². The zero-order chi connectivity index (χ0) is 12.3. The van der Waals surface area contributed by atoms with Crippen LogP contribution in [0.3, 0.4) is 0 Å². The van der Waals surface area contributed by atoms with Gasteiger partial charge in [0.2, 0.25) is 0 Å². The number of unbranched alkanes of at least 4 members (excludes halogenated alkanes) is 7. The fourth-order valence-corrected chi connectivity index (χ4v) is 6.00. The highest BCUT2D eigenvalue weighted by Crippen LogP contribution is 2.35. The highest BCUT2D eigenvalue weighted by molar-refractivity contribution is 8.49. The largest absolute Gasteiger partial charge is 0.291 e. The molecule has 17 heavy (non-hydrogen) atoms. The SMILES string of the molecule is CCCCCCCCCCC1CSC(=[S+]C)S1. The van der Waals surface area contributed by atoms with Gasteiger partial charge in [-0.15, -0.1) is 0 Å². The fourth-order valence-electron chi connectivity index (χ4n) is 2.12. The summed E-state index contributed by atoms with van der Waals surface area (Å²) in [4.78, 5) is 0. The summed E-state index contributed by atoms with van der Waals surface area (Å²) < 4.78 is 1.59. The van der Waals surface area contributed by atoms with Crippen molar-refractivity contribution >= 4 is 38.4 Å². The minimum absolute atomic E-state index is 0.919. The van der Waals surface area contributed by atoms with Gasteiger partial charge in [-0.25, -0.2) is 0 Å². The zero-order valence-corrected chi connectivity index (χ0v) is 13.8. The highest BCUT2D eigenvalue weighted by atomic mass is 32.2. The average molecular weight is 292 g/mol. The van der Waals surface area contributed by atoms with Crippen molar-refractivity contribution in [3.05, 3.63) is 0 Å². The van der Waals surface area contributed by atoms with Gasteiger partial charge in [-0.1, -0.05) is 81.8 Å². The van der Waals surface area contributed by atoms with Crippen LogP contribution in [-0.2, 0) is 11.4 Å². The van der Waals surface area contributed by atoms with E-state index in [1.54, 1.807) is 3.53 Å². The van der Waals surface area contributed by atoms with Crippen molar-refractivity contribution in [2.45, 2.75) is 70.0 Å². The van der Waals surface area contributed by atoms with Crippen molar-refractivity contribution in [1.29, 1.82) is 0 Å². The van der Waals surface area contributed by atoms with Crippen LogP contribution in [0.2, 0.25) is 0 Å². The van der Waals surface area contributed by atoms with Crippen LogP contribution >= 0.6 is 23.5 Å². The number of rotatable bonds is 9. The Bertz CT molecular complexity index is 214. The second-order valence-corrected chi connectivity index (χ2v) is 8.70. The van der Waals surface area contributed by atoms with Gasteiger partial charge >= 0.3 is 0 Å². The molecule has 1 heterocycles. The molecule has 0 radical (unpaired) electrons. The van der Waals surface area contributed by atoms with Gasteiger partial charge in [0, 0.05) is 11.0 Å². The van der Waals surface area contributed by atoms with E-state index in [2.05, 4.69) is 36.7 Å². The molecule has 0 nitrogen and oxygen atoms in total. The molecule has 3 heteroatoms. The second-order valence-electron chi connectivity index (χ2n) is 4.77. The van der Waals surface area contributed by atoms with Gasteiger partial charge in [0.25, 0.3) is 3.53 Å². The minimum Gasteiger partial charge on any atom is -0.0654 e. The molecule has 0 aromatic rings. The van der Waals surface area contributed by atoms with Gasteiger partial charge in [0.1, 0.15) is 0 Å². The van der Waals surface area contributed by atoms with Gasteiger partial charge in [0.15, 0.2) is 17.6 Å². The number of hydrogen-bond donors (Lipinski definition) is 0. The fraction of sp³-hybridized carbons (Fsp3) is 0.929. The van der Waals surface area contributed by atoms with Gasteiger partial charge < -0.3 is 0 Å². The standard InChI is InChI=1S/C14H27S3/c1-3-4-5-6-7-8-9-10-11-13-12-16-14(15-2)17-13/h13H,3-12H2,1-2H3/q+1. The van der Waals surface area contributed by atoms with Crippen molar-refractivity contribution in [3.8, 4) is 0 Å². The first-order valence-electron chi connectivity index (χ1n) is 7.07. The second kappa shape index (κ2) is 10.7. The molecule has 0 aromatic carbocycles. The van der Waals surface area contributed by atoms with E-state index >= 15 is 0 Å². The molecular formula is C14H27S3+. The lowest BCUT2D eigenvalue weighted by atomic mass is 10.1. The van der Waals surface area contributed by atoms with E-state index in [0.717, 1.165) is 5.25 Å². The minimum atomic E-state index is 0.919. The zero-order valence-electron chi connectivity index (χ0n) is 11.4. The average Bonchev–Trinajstić information content (AvgIpc) is 2.80. The molecule has 1 aliphatic rings. The predicted octanol–water partition coefficient (Wildman–Crippen LogP) is 5.17. The first-order valence-corrected chi connectivity index (χ1v) is 10.2. The lowest BCUT2D eigenvalue weighted by Gasteiger charge is -2.05. The lowest BCUT2D eigenvalue weighted by Crippen LogP contribution is -2.00. The summed E-state index contributed by atoms with van der Waals surface area (Å²) >= 11 is 6.13. The van der Waals surface area contributed by atoms with Gasteiger partial charge in [-0.2, -0.15) is 0 Å². The van der Waals surface area contributed by atoms with Crippen LogP contribution in [0.1, 0.15) is 64.7 Å². The van der Waals surface area contributed by atoms with Crippen LogP contribution in [0.4, 0.5) is 0 Å². The molecule has 100 valence electrons. The molecule has 1 atom stereocenters. The summed E-state index contributed by atoms with van der Waals surface area (Å²) in [6, 6.07) is 0. The molecule has 0 aromatic heterocycles. The first kappa shape index (κ1) is 15.8. The van der Waals surface area contributed by atoms with Gasteiger partial charge in [-0.3, -0.25) is 0 Å². The third kappa shape index (κ3) is 7.74. The summed E-state index contributed by atoms with van der Waals surface area (Å²) in [5.74, 6) is 1.36. The third-order valence-corrected chi connectivity index (χ3v) is 7.76. The van der Waals surface area contributed by atoms with Crippen LogP contribution in [0.15, 0.2) is 0 Å². The van der Waals surface area contributed by atoms with E-state index < -0.39 is 0 Å². The monoisotopic (exact) mass is 291 g/mol. The summed E-state index contributed by atoms with van der Waals surface area (Å²) in [6.45, 7) is 2.29. The predicted molar refractivity (Wildman–Crippen MR) is 89.4 cm³/mol. The van der Waals surface area contributed by atoms with E-state index in [4.69, 9.17) is 0 Å². The van der Waals surface area contributed by atoms with Gasteiger partial charge in [0.05, 0.1) is 0 Å². The summed E-state index contributed by atoms with van der Waals surface area (Å²) in [6.07, 6.45) is 15.2. The molecule has 1 aliphatic heterocycles. The van der Waals surface area contributed by atoms with Crippen LogP contribution < -0.4 is 0 Å². The highest BCUT2D eigenvalue weighted by Gasteiger charge is 2.26. The molecule has 1 rings (SSSR count). The Balaban J connectivity index is 1.85. The van der Waals surface area contributed by atoms with Crippen molar-refractivity contribution in [2.24, 2.45) is 0 Å². The van der Waals surface area contributed by atoms with Gasteiger partial charge in [-0.05, 0) is 6.42 Å². The molecule has 0 spiro atoms. The van der Waals surface area contributed by atoms with E-state index in [0.29, 0.717) is 0 Å². The normalized spacial score (nSPS) is 22.5. The van der Waals surface area contributed by atoms with Crippen LogP contribution in [0.5, 0.6) is 0 Å². The number of thioether (sulfide) groups is 2. The van der Waals surface area contributed by atoms with Crippen molar-refractivity contribution in [1.82, 2.24) is 0 Å². The molecule has 1 saturated heterocycles. The topological polar surface area (TPSA) is 0 Å². The van der Waals surface area contributed by atoms with E-state index in [-0.39, 0.29) is 0 Å². The molecule has 0 amide bonds. The van der Waals surface area contributed by atoms with E-state index in [9.17, 15) is 0 Å². The maximum absolute atomic E-state index is 2.29. The summed E-state index contributed by atoms with van der Waals surface area (Å²) in [5.41, 5.74) is 0. The van der Waals surface area contributed by atoms with Crippen molar-refractivity contribution < 1.29 is 0 Å². The Morgan fingerprint density at radius 2 is 1.71 bits per heavy atom. The summed E-state index contributed by atoms with van der Waals surface area (Å²) in [5, 5.41) is 0.919. The molecule has 1 fully saturated rings. The van der Waals surface area contributed by atoms with Crippen molar-refractivity contribution in [3.63, 3.8) is 0 Å². The molecule has 0 aliphatic carbocycles. The molecule has 0 bridgehead atoms. The Kier molecular flexibility index (Phi) is 9.96. The molecule has 1 unspecified atom stereocenters. The third-order valence-electron chi connectivity index (χ3n) is 3.20. The van der Waals surface area contributed by atoms with E-state index in [1.807, 2.05) is 11.4 Å². The van der Waals surface area contributed by atoms with Crippen LogP contribution in [0.25, 0.3) is 0 Å². The number of hydrogen-bond acceptors (Lipinski definition) is 2. The maximum atomic E-state index is 2.29. The smallest absolute Gasteiger partial charge is 0.0654 e. The molecular weight excluding hydrogens is 264 g/mol. The molecule has 0 N–H and O–H groups in total. The Morgan fingerprint density at radius 1 is 1.06 bits per heavy atom. The Morgan fingerprint density at radius 3 is 2.29 bits per heavy atom. The first-order chi connectivity index (χ1) is 8.36. The van der Waals surface area contributed by atoms with Crippen LogP contribution in [0, 0.1) is 0 Å². The lowest BCUT2D eigenvalue weighted by molar-refractivity contribution is 0.565. The Hall–Kier alpha value is 0.790. The molecule has 0 saturated carbocycles. The van der Waals surface area contributed by atoms with E-state index in [1.165, 1.54) is 63.5 Å². The maximum Gasteiger partial charge on any atom is 0.291 e. The summed E-state index contributed by atoms with van der Waals surface area (Å²) in [7, 11) is 0. The Labute approximate surface area is 120 Å². The van der Waals surface area contributed by atoms with Crippen molar-refractivity contribution in [2.75, 3.05) is 12.0 Å². The quantitative estimate of drug-likeness (QED) is 0.327.